The Morgan fingerprint density at radius 1 is 1.39 bits per heavy atom. The molecule has 1 aliphatic carbocycles. The van der Waals surface area contributed by atoms with E-state index in [1.54, 1.807) is 7.11 Å². The Hall–Kier alpha value is -1.55. The van der Waals surface area contributed by atoms with E-state index in [0.717, 1.165) is 42.7 Å². The van der Waals surface area contributed by atoms with Crippen molar-refractivity contribution in [1.29, 1.82) is 0 Å². The standard InChI is InChI=1S/C14H20N2O2/c1-10-9-11(5-6-12(10)18-2)16-13(17)14(15)7-3-4-8-14/h5-6,9H,3-4,7-8,15H2,1-2H3,(H,16,17). The smallest absolute Gasteiger partial charge is 0.244 e. The van der Waals surface area contributed by atoms with Gasteiger partial charge in [0.2, 0.25) is 5.91 Å². The Morgan fingerprint density at radius 3 is 2.61 bits per heavy atom. The molecule has 0 saturated heterocycles. The van der Waals surface area contributed by atoms with Crippen LogP contribution in [0.4, 0.5) is 5.69 Å². The second-order valence-electron chi connectivity index (χ2n) is 5.00. The van der Waals surface area contributed by atoms with Crippen LogP contribution in [-0.2, 0) is 4.79 Å². The van der Waals surface area contributed by atoms with Crippen molar-refractivity contribution in [3.63, 3.8) is 0 Å². The summed E-state index contributed by atoms with van der Waals surface area (Å²) in [7, 11) is 1.63. The van der Waals surface area contributed by atoms with Crippen molar-refractivity contribution in [2.24, 2.45) is 5.73 Å². The molecule has 1 aromatic rings. The molecule has 4 heteroatoms. The fourth-order valence-electron chi connectivity index (χ4n) is 2.44. The Morgan fingerprint density at radius 2 is 2.06 bits per heavy atom. The molecule has 1 fully saturated rings. The van der Waals surface area contributed by atoms with E-state index in [1.165, 1.54) is 0 Å². The maximum Gasteiger partial charge on any atom is 0.244 e. The minimum absolute atomic E-state index is 0.0791. The van der Waals surface area contributed by atoms with Gasteiger partial charge in [0, 0.05) is 5.69 Å². The van der Waals surface area contributed by atoms with E-state index in [4.69, 9.17) is 10.5 Å². The number of ether oxygens (including phenoxy) is 1. The molecular weight excluding hydrogens is 228 g/mol. The summed E-state index contributed by atoms with van der Waals surface area (Å²) >= 11 is 0. The first kappa shape index (κ1) is 12.9. The summed E-state index contributed by atoms with van der Waals surface area (Å²) in [5.74, 6) is 0.737. The zero-order valence-electron chi connectivity index (χ0n) is 11.0. The van der Waals surface area contributed by atoms with Crippen molar-refractivity contribution in [2.45, 2.75) is 38.1 Å². The average molecular weight is 248 g/mol. The van der Waals surface area contributed by atoms with Crippen LogP contribution in [0.5, 0.6) is 5.75 Å². The van der Waals surface area contributed by atoms with Crippen LogP contribution in [0.1, 0.15) is 31.2 Å². The molecule has 1 aliphatic rings. The van der Waals surface area contributed by atoms with Crippen LogP contribution in [0.25, 0.3) is 0 Å². The number of methoxy groups -OCH3 is 1. The third kappa shape index (κ3) is 2.48. The Labute approximate surface area is 108 Å². The summed E-state index contributed by atoms with van der Waals surface area (Å²) in [6.07, 6.45) is 3.61. The summed E-state index contributed by atoms with van der Waals surface area (Å²) in [6.45, 7) is 1.95. The number of aryl methyl sites for hydroxylation is 1. The quantitative estimate of drug-likeness (QED) is 0.862. The molecule has 1 amide bonds. The number of hydrogen-bond donors (Lipinski definition) is 2. The van der Waals surface area contributed by atoms with Crippen LogP contribution < -0.4 is 15.8 Å². The van der Waals surface area contributed by atoms with E-state index in [2.05, 4.69) is 5.32 Å². The van der Waals surface area contributed by atoms with E-state index >= 15 is 0 Å². The molecule has 1 saturated carbocycles. The topological polar surface area (TPSA) is 64.3 Å². The van der Waals surface area contributed by atoms with E-state index in [9.17, 15) is 4.79 Å². The summed E-state index contributed by atoms with van der Waals surface area (Å²) in [6, 6.07) is 5.58. The van der Waals surface area contributed by atoms with Gasteiger partial charge in [-0.05, 0) is 43.5 Å². The molecule has 0 heterocycles. The van der Waals surface area contributed by atoms with Gasteiger partial charge in [-0.25, -0.2) is 0 Å². The SMILES string of the molecule is COc1ccc(NC(=O)C2(N)CCCC2)cc1C. The zero-order chi connectivity index (χ0) is 13.2. The molecule has 0 atom stereocenters. The molecule has 0 aromatic heterocycles. The number of carbonyl (C=O) groups excluding carboxylic acids is 1. The second kappa shape index (κ2) is 4.98. The first-order valence-electron chi connectivity index (χ1n) is 6.30. The maximum absolute atomic E-state index is 12.1. The van der Waals surface area contributed by atoms with Crippen molar-refractivity contribution in [2.75, 3.05) is 12.4 Å². The summed E-state index contributed by atoms with van der Waals surface area (Å²) < 4.78 is 5.19. The lowest BCUT2D eigenvalue weighted by atomic mass is 9.98. The van der Waals surface area contributed by atoms with Crippen LogP contribution in [0.3, 0.4) is 0 Å². The molecule has 0 spiro atoms. The van der Waals surface area contributed by atoms with Gasteiger partial charge in [-0.2, -0.15) is 0 Å². The van der Waals surface area contributed by atoms with Crippen molar-refractivity contribution in [1.82, 2.24) is 0 Å². The van der Waals surface area contributed by atoms with Crippen molar-refractivity contribution < 1.29 is 9.53 Å². The van der Waals surface area contributed by atoms with Crippen molar-refractivity contribution in [3.8, 4) is 5.75 Å². The lowest BCUT2D eigenvalue weighted by Crippen LogP contribution is -2.48. The number of benzene rings is 1. The van der Waals surface area contributed by atoms with Gasteiger partial charge in [0.05, 0.1) is 12.6 Å². The van der Waals surface area contributed by atoms with Gasteiger partial charge < -0.3 is 15.8 Å². The Bertz CT molecular complexity index is 451. The Balaban J connectivity index is 2.09. The van der Waals surface area contributed by atoms with Crippen molar-refractivity contribution in [3.05, 3.63) is 23.8 Å². The third-order valence-electron chi connectivity index (χ3n) is 3.60. The normalized spacial score (nSPS) is 17.5. The van der Waals surface area contributed by atoms with Gasteiger partial charge in [-0.3, -0.25) is 4.79 Å². The molecule has 3 N–H and O–H groups in total. The third-order valence-corrected chi connectivity index (χ3v) is 3.60. The van der Waals surface area contributed by atoms with E-state index in [0.29, 0.717) is 0 Å². The molecule has 98 valence electrons. The number of carbonyl (C=O) groups is 1. The van der Waals surface area contributed by atoms with Gasteiger partial charge in [0.25, 0.3) is 0 Å². The van der Waals surface area contributed by atoms with Gasteiger partial charge in [-0.1, -0.05) is 12.8 Å². The van der Waals surface area contributed by atoms with Gasteiger partial charge in [0.1, 0.15) is 5.75 Å². The predicted molar refractivity (Wildman–Crippen MR) is 71.7 cm³/mol. The van der Waals surface area contributed by atoms with Gasteiger partial charge >= 0.3 is 0 Å². The molecule has 18 heavy (non-hydrogen) atoms. The molecule has 1 aromatic carbocycles. The minimum Gasteiger partial charge on any atom is -0.496 e. The highest BCUT2D eigenvalue weighted by Gasteiger charge is 2.36. The molecule has 0 bridgehead atoms. The van der Waals surface area contributed by atoms with Crippen LogP contribution in [0, 0.1) is 6.92 Å². The van der Waals surface area contributed by atoms with E-state index < -0.39 is 5.54 Å². The predicted octanol–water partition coefficient (Wildman–Crippen LogP) is 2.21. The van der Waals surface area contributed by atoms with E-state index in [-0.39, 0.29) is 5.91 Å². The second-order valence-corrected chi connectivity index (χ2v) is 5.00. The average Bonchev–Trinajstić information content (AvgIpc) is 2.78. The molecule has 0 aliphatic heterocycles. The first-order chi connectivity index (χ1) is 8.55. The number of anilines is 1. The van der Waals surface area contributed by atoms with Crippen molar-refractivity contribution >= 4 is 11.6 Å². The number of nitrogens with one attached hydrogen (secondary N) is 1. The number of nitrogens with two attached hydrogens (primary N) is 1. The summed E-state index contributed by atoms with van der Waals surface area (Å²) in [4.78, 5) is 12.1. The fourth-order valence-corrected chi connectivity index (χ4v) is 2.44. The monoisotopic (exact) mass is 248 g/mol. The molecule has 0 unspecified atom stereocenters. The highest BCUT2D eigenvalue weighted by Crippen LogP contribution is 2.29. The minimum atomic E-state index is -0.687. The van der Waals surface area contributed by atoms with Crippen LogP contribution in [0.15, 0.2) is 18.2 Å². The fraction of sp³-hybridized carbons (Fsp3) is 0.500. The Kier molecular flexibility index (Phi) is 3.57. The highest BCUT2D eigenvalue weighted by molar-refractivity contribution is 5.98. The molecule has 0 radical (unpaired) electrons. The van der Waals surface area contributed by atoms with Crippen LogP contribution in [0.2, 0.25) is 0 Å². The highest BCUT2D eigenvalue weighted by atomic mass is 16.5. The van der Waals surface area contributed by atoms with Gasteiger partial charge in [0.15, 0.2) is 0 Å². The van der Waals surface area contributed by atoms with Gasteiger partial charge in [-0.15, -0.1) is 0 Å². The molecule has 2 rings (SSSR count). The lowest BCUT2D eigenvalue weighted by molar-refractivity contribution is -0.121. The summed E-state index contributed by atoms with van der Waals surface area (Å²) in [5, 5.41) is 2.90. The molecular formula is C14H20N2O2. The molecule has 4 nitrogen and oxygen atoms in total. The largest absolute Gasteiger partial charge is 0.496 e. The maximum atomic E-state index is 12.1. The first-order valence-corrected chi connectivity index (χ1v) is 6.30. The van der Waals surface area contributed by atoms with Crippen LogP contribution >= 0.6 is 0 Å². The zero-order valence-corrected chi connectivity index (χ0v) is 11.0. The number of rotatable bonds is 3. The van der Waals surface area contributed by atoms with Crippen LogP contribution in [-0.4, -0.2) is 18.6 Å². The number of amides is 1. The lowest BCUT2D eigenvalue weighted by Gasteiger charge is -2.22. The summed E-state index contributed by atoms with van der Waals surface area (Å²) in [5.41, 5.74) is 7.19. The number of hydrogen-bond acceptors (Lipinski definition) is 3. The van der Waals surface area contributed by atoms with E-state index in [1.807, 2.05) is 25.1 Å².